The number of hydrogen-bond acceptors (Lipinski definition) is 7. The summed E-state index contributed by atoms with van der Waals surface area (Å²) in [7, 11) is 5.26. The van der Waals surface area contributed by atoms with Crippen molar-refractivity contribution in [3.8, 4) is 11.5 Å². The van der Waals surface area contributed by atoms with Crippen LogP contribution in [-0.4, -0.2) is 32.3 Å². The molecular weight excluding hydrogens is 466 g/mol. The summed E-state index contributed by atoms with van der Waals surface area (Å²) in [5.41, 5.74) is 3.64. The van der Waals surface area contributed by atoms with Crippen molar-refractivity contribution in [1.29, 1.82) is 0 Å². The molecule has 2 heterocycles. The summed E-state index contributed by atoms with van der Waals surface area (Å²) in [6.45, 7) is 2.02. The maximum Gasteiger partial charge on any atom is 0.274 e. The van der Waals surface area contributed by atoms with E-state index in [4.69, 9.17) is 14.5 Å². The lowest BCUT2D eigenvalue weighted by Crippen LogP contribution is -2.29. The van der Waals surface area contributed by atoms with Gasteiger partial charge < -0.3 is 14.4 Å². The second-order valence-corrected chi connectivity index (χ2v) is 9.81. The monoisotopic (exact) mass is 489 g/mol. The summed E-state index contributed by atoms with van der Waals surface area (Å²) in [6.07, 6.45) is 0. The van der Waals surface area contributed by atoms with Crippen LogP contribution >= 0.6 is 23.5 Å². The Morgan fingerprint density at radius 1 is 0.882 bits per heavy atom. The van der Waals surface area contributed by atoms with Gasteiger partial charge in [0.1, 0.15) is 16.4 Å². The number of benzene rings is 3. The van der Waals surface area contributed by atoms with E-state index in [0.717, 1.165) is 44.0 Å². The molecule has 0 aromatic heterocycles. The van der Waals surface area contributed by atoms with Gasteiger partial charge >= 0.3 is 0 Å². The molecule has 3 aromatic carbocycles. The predicted molar refractivity (Wildman–Crippen MR) is 141 cm³/mol. The van der Waals surface area contributed by atoms with Crippen LogP contribution in [0.3, 0.4) is 0 Å². The summed E-state index contributed by atoms with van der Waals surface area (Å²) >= 11 is 2.98. The molecule has 172 valence electrons. The van der Waals surface area contributed by atoms with E-state index in [0.29, 0.717) is 10.1 Å². The number of carbonyl (C=O) groups excluding carboxylic acids is 1. The van der Waals surface area contributed by atoms with Gasteiger partial charge in [-0.05, 0) is 72.8 Å². The number of anilines is 2. The van der Waals surface area contributed by atoms with Crippen molar-refractivity contribution >= 4 is 51.7 Å². The van der Waals surface area contributed by atoms with E-state index in [2.05, 4.69) is 0 Å². The number of amidine groups is 1. The minimum absolute atomic E-state index is 0.0861. The standard InChI is InChI=1S/C26H23N3O3S2/c1-16-6-5-7-18(14-16)29-24(30)23(34-26(29)27-17-8-10-19(31-3)11-9-17)25-28(2)21-15-20(32-4)12-13-22(21)33-25/h5-15H,1-4H3. The fourth-order valence-corrected chi connectivity index (χ4v) is 6.12. The molecule has 34 heavy (non-hydrogen) atoms. The number of nitrogens with zero attached hydrogens (tertiary/aromatic N) is 3. The van der Waals surface area contributed by atoms with Crippen molar-refractivity contribution in [3.63, 3.8) is 0 Å². The van der Waals surface area contributed by atoms with Gasteiger partial charge in [-0.2, -0.15) is 0 Å². The highest BCUT2D eigenvalue weighted by Gasteiger charge is 2.40. The zero-order valence-corrected chi connectivity index (χ0v) is 20.9. The molecular formula is C26H23N3O3S2. The Kier molecular flexibility index (Phi) is 6.02. The lowest BCUT2D eigenvalue weighted by atomic mass is 10.2. The SMILES string of the molecule is COc1ccc(N=C2SC(=C3Sc4ccc(OC)cc4N3C)C(=O)N2c2cccc(C)c2)cc1. The molecule has 1 amide bonds. The van der Waals surface area contributed by atoms with Gasteiger partial charge in [-0.1, -0.05) is 23.9 Å². The van der Waals surface area contributed by atoms with Crippen molar-refractivity contribution in [3.05, 3.63) is 82.2 Å². The molecule has 0 bridgehead atoms. The number of hydrogen-bond donors (Lipinski definition) is 0. The predicted octanol–water partition coefficient (Wildman–Crippen LogP) is 6.19. The zero-order chi connectivity index (χ0) is 23.8. The lowest BCUT2D eigenvalue weighted by Gasteiger charge is -2.17. The second kappa shape index (κ2) is 9.12. The number of thioether (sulfide) groups is 2. The Hall–Kier alpha value is -3.36. The van der Waals surface area contributed by atoms with Crippen LogP contribution in [0.4, 0.5) is 17.1 Å². The van der Waals surface area contributed by atoms with Crippen molar-refractivity contribution in [1.82, 2.24) is 0 Å². The number of aliphatic imine (C=N–C) groups is 1. The number of carbonyl (C=O) groups is 1. The summed E-state index contributed by atoms with van der Waals surface area (Å²) in [5, 5.41) is 1.50. The molecule has 0 unspecified atom stereocenters. The molecule has 8 heteroatoms. The van der Waals surface area contributed by atoms with E-state index in [9.17, 15) is 4.79 Å². The van der Waals surface area contributed by atoms with Gasteiger partial charge in [0.2, 0.25) is 0 Å². The average molecular weight is 490 g/mol. The smallest absolute Gasteiger partial charge is 0.274 e. The average Bonchev–Trinajstić information content (AvgIpc) is 3.35. The Labute approximate surface area is 207 Å². The summed E-state index contributed by atoms with van der Waals surface area (Å²) in [6, 6.07) is 21.4. The van der Waals surface area contributed by atoms with E-state index in [-0.39, 0.29) is 5.91 Å². The minimum Gasteiger partial charge on any atom is -0.497 e. The van der Waals surface area contributed by atoms with Gasteiger partial charge in [0, 0.05) is 18.0 Å². The van der Waals surface area contributed by atoms with Crippen molar-refractivity contribution in [2.75, 3.05) is 31.1 Å². The van der Waals surface area contributed by atoms with Crippen LogP contribution < -0.4 is 19.3 Å². The highest BCUT2D eigenvalue weighted by molar-refractivity contribution is 8.20. The van der Waals surface area contributed by atoms with Crippen LogP contribution in [0.1, 0.15) is 5.56 Å². The molecule has 2 aliphatic rings. The zero-order valence-electron chi connectivity index (χ0n) is 19.2. The first-order valence-electron chi connectivity index (χ1n) is 10.6. The van der Waals surface area contributed by atoms with Crippen LogP contribution in [0, 0.1) is 6.92 Å². The first-order chi connectivity index (χ1) is 16.5. The fraction of sp³-hybridized carbons (Fsp3) is 0.154. The van der Waals surface area contributed by atoms with Crippen molar-refractivity contribution < 1.29 is 14.3 Å². The van der Waals surface area contributed by atoms with E-state index in [1.807, 2.05) is 85.6 Å². The Morgan fingerprint density at radius 2 is 1.62 bits per heavy atom. The highest BCUT2D eigenvalue weighted by Crippen LogP contribution is 2.51. The largest absolute Gasteiger partial charge is 0.497 e. The third-order valence-corrected chi connectivity index (χ3v) is 7.97. The van der Waals surface area contributed by atoms with Crippen LogP contribution in [0.15, 0.2) is 86.6 Å². The number of methoxy groups -OCH3 is 2. The molecule has 6 nitrogen and oxygen atoms in total. The van der Waals surface area contributed by atoms with Gasteiger partial charge in [-0.25, -0.2) is 4.99 Å². The first kappa shape index (κ1) is 22.4. The number of rotatable bonds is 4. The van der Waals surface area contributed by atoms with E-state index < -0.39 is 0 Å². The van der Waals surface area contributed by atoms with Crippen molar-refractivity contribution in [2.45, 2.75) is 11.8 Å². The maximum atomic E-state index is 13.8. The number of fused-ring (bicyclic) bond motifs is 1. The molecule has 5 rings (SSSR count). The van der Waals surface area contributed by atoms with Gasteiger partial charge in [0.25, 0.3) is 5.91 Å². The van der Waals surface area contributed by atoms with E-state index in [1.165, 1.54) is 11.8 Å². The molecule has 3 aromatic rings. The van der Waals surface area contributed by atoms with Crippen molar-refractivity contribution in [2.24, 2.45) is 4.99 Å². The normalized spacial score (nSPS) is 18.6. The molecule has 2 aliphatic heterocycles. The molecule has 0 spiro atoms. The minimum atomic E-state index is -0.0861. The van der Waals surface area contributed by atoms with Gasteiger partial charge in [0.05, 0.1) is 36.3 Å². The third-order valence-electron chi connectivity index (χ3n) is 5.57. The topological polar surface area (TPSA) is 54.4 Å². The Bertz CT molecular complexity index is 1340. The number of ether oxygens (including phenoxy) is 2. The quantitative estimate of drug-likeness (QED) is 0.407. The maximum absolute atomic E-state index is 13.8. The van der Waals surface area contributed by atoms with Crippen LogP contribution in [-0.2, 0) is 4.79 Å². The van der Waals surface area contributed by atoms with Crippen LogP contribution in [0.5, 0.6) is 11.5 Å². The number of aryl methyl sites for hydroxylation is 1. The summed E-state index contributed by atoms with van der Waals surface area (Å²) in [5.74, 6) is 1.46. The van der Waals surface area contributed by atoms with Gasteiger partial charge in [-0.3, -0.25) is 9.69 Å². The van der Waals surface area contributed by atoms with Gasteiger partial charge in [-0.15, -0.1) is 0 Å². The van der Waals surface area contributed by atoms with E-state index in [1.54, 1.807) is 30.9 Å². The molecule has 0 N–H and O–H groups in total. The summed E-state index contributed by atoms with van der Waals surface area (Å²) < 4.78 is 10.7. The van der Waals surface area contributed by atoms with E-state index >= 15 is 0 Å². The third kappa shape index (κ3) is 4.03. The lowest BCUT2D eigenvalue weighted by molar-refractivity contribution is -0.113. The summed E-state index contributed by atoms with van der Waals surface area (Å²) in [4.78, 5) is 24.1. The van der Waals surface area contributed by atoms with Gasteiger partial charge in [0.15, 0.2) is 5.17 Å². The molecule has 1 fully saturated rings. The Morgan fingerprint density at radius 3 is 2.32 bits per heavy atom. The fourth-order valence-electron chi connectivity index (χ4n) is 3.79. The molecule has 0 aliphatic carbocycles. The van der Waals surface area contributed by atoms with Crippen LogP contribution in [0.2, 0.25) is 0 Å². The Balaban J connectivity index is 1.59. The highest BCUT2D eigenvalue weighted by atomic mass is 32.2. The first-order valence-corrected chi connectivity index (χ1v) is 12.3. The van der Waals surface area contributed by atoms with Crippen LogP contribution in [0.25, 0.3) is 0 Å². The molecule has 0 atom stereocenters. The second-order valence-electron chi connectivity index (χ2n) is 7.80. The molecule has 0 saturated carbocycles. The molecule has 0 radical (unpaired) electrons. The molecule has 1 saturated heterocycles. The number of amides is 1.